The molecule has 0 aliphatic rings. The Labute approximate surface area is 129 Å². The number of nitro benzene ring substituents is 1. The van der Waals surface area contributed by atoms with Gasteiger partial charge in [0.1, 0.15) is 17.8 Å². The summed E-state index contributed by atoms with van der Waals surface area (Å²) in [4.78, 5) is 10.1. The molecule has 0 bridgehead atoms. The molecule has 10 heteroatoms. The number of hydrogen-bond acceptors (Lipinski definition) is 5. The summed E-state index contributed by atoms with van der Waals surface area (Å²) in [6.45, 7) is 2.88. The lowest BCUT2D eigenvalue weighted by molar-refractivity contribution is -0.384. The fourth-order valence-electron chi connectivity index (χ4n) is 2.05. The van der Waals surface area contributed by atoms with E-state index in [2.05, 4.69) is 15.5 Å². The van der Waals surface area contributed by atoms with Crippen molar-refractivity contribution in [3.05, 3.63) is 46.0 Å². The summed E-state index contributed by atoms with van der Waals surface area (Å²) < 4.78 is 39.7. The van der Waals surface area contributed by atoms with E-state index >= 15 is 0 Å². The van der Waals surface area contributed by atoms with E-state index in [0.29, 0.717) is 24.9 Å². The summed E-state index contributed by atoms with van der Waals surface area (Å²) in [7, 11) is 0. The summed E-state index contributed by atoms with van der Waals surface area (Å²) in [5.74, 6) is 0.689. The number of nitro groups is 1. The van der Waals surface area contributed by atoms with Gasteiger partial charge in [0.05, 0.1) is 10.5 Å². The van der Waals surface area contributed by atoms with E-state index in [4.69, 9.17) is 0 Å². The van der Waals surface area contributed by atoms with Crippen molar-refractivity contribution in [3.8, 4) is 0 Å². The van der Waals surface area contributed by atoms with Gasteiger partial charge in [-0.15, -0.1) is 10.2 Å². The van der Waals surface area contributed by atoms with E-state index in [-0.39, 0.29) is 12.2 Å². The van der Waals surface area contributed by atoms with Gasteiger partial charge in [-0.05, 0) is 19.1 Å². The zero-order chi connectivity index (χ0) is 17.0. The lowest BCUT2D eigenvalue weighted by Crippen LogP contribution is -2.12. The molecule has 124 valence electrons. The van der Waals surface area contributed by atoms with Gasteiger partial charge in [0.15, 0.2) is 0 Å². The highest BCUT2D eigenvalue weighted by Crippen LogP contribution is 2.34. The van der Waals surface area contributed by atoms with Crippen molar-refractivity contribution in [2.45, 2.75) is 26.1 Å². The third-order valence-corrected chi connectivity index (χ3v) is 3.22. The third kappa shape index (κ3) is 3.96. The molecule has 7 nitrogen and oxygen atoms in total. The molecule has 1 heterocycles. The molecular weight excluding hydrogens is 315 g/mol. The van der Waals surface area contributed by atoms with Crippen molar-refractivity contribution in [3.63, 3.8) is 0 Å². The van der Waals surface area contributed by atoms with Crippen molar-refractivity contribution < 1.29 is 18.1 Å². The van der Waals surface area contributed by atoms with Crippen LogP contribution in [-0.2, 0) is 19.1 Å². The van der Waals surface area contributed by atoms with Crippen LogP contribution >= 0.6 is 0 Å². The van der Waals surface area contributed by atoms with Crippen molar-refractivity contribution in [1.82, 2.24) is 14.8 Å². The number of rotatable bonds is 6. The molecule has 2 rings (SSSR count). The standard InChI is InChI=1S/C13H14F3N5O2/c1-2-20-8-18-19-12(20)5-6-17-10-4-3-9(13(14,15)16)7-11(10)21(22)23/h3-4,7-8,17H,2,5-6H2,1H3. The van der Waals surface area contributed by atoms with Gasteiger partial charge in [-0.1, -0.05) is 0 Å². The fourth-order valence-corrected chi connectivity index (χ4v) is 2.05. The van der Waals surface area contributed by atoms with Gasteiger partial charge in [0.2, 0.25) is 0 Å². The van der Waals surface area contributed by atoms with Gasteiger partial charge in [0, 0.05) is 25.6 Å². The van der Waals surface area contributed by atoms with Crippen LogP contribution in [0.2, 0.25) is 0 Å². The molecular formula is C13H14F3N5O2. The Bertz CT molecular complexity index is 699. The zero-order valence-corrected chi connectivity index (χ0v) is 12.2. The molecule has 2 aromatic rings. The summed E-state index contributed by atoms with van der Waals surface area (Å²) in [5, 5.41) is 21.4. The number of alkyl halides is 3. The number of aromatic nitrogens is 3. The Hall–Kier alpha value is -2.65. The Morgan fingerprint density at radius 1 is 1.39 bits per heavy atom. The van der Waals surface area contributed by atoms with E-state index in [0.717, 1.165) is 12.1 Å². The number of benzene rings is 1. The molecule has 0 spiro atoms. The van der Waals surface area contributed by atoms with Crippen molar-refractivity contribution in [2.24, 2.45) is 0 Å². The lowest BCUT2D eigenvalue weighted by atomic mass is 10.1. The van der Waals surface area contributed by atoms with E-state index in [1.165, 1.54) is 0 Å². The number of aryl methyl sites for hydroxylation is 1. The van der Waals surface area contributed by atoms with Crippen molar-refractivity contribution in [2.75, 3.05) is 11.9 Å². The number of halogens is 3. The highest BCUT2D eigenvalue weighted by atomic mass is 19.4. The Balaban J connectivity index is 2.12. The monoisotopic (exact) mass is 329 g/mol. The van der Waals surface area contributed by atoms with Crippen LogP contribution < -0.4 is 5.32 Å². The molecule has 0 fully saturated rings. The van der Waals surface area contributed by atoms with Gasteiger partial charge in [-0.2, -0.15) is 13.2 Å². The quantitative estimate of drug-likeness (QED) is 0.650. The van der Waals surface area contributed by atoms with Crippen LogP contribution in [0.15, 0.2) is 24.5 Å². The second-order valence-corrected chi connectivity index (χ2v) is 4.70. The van der Waals surface area contributed by atoms with Crippen molar-refractivity contribution >= 4 is 11.4 Å². The molecule has 23 heavy (non-hydrogen) atoms. The fraction of sp³-hybridized carbons (Fsp3) is 0.385. The summed E-state index contributed by atoms with van der Waals surface area (Å²) in [6, 6.07) is 2.40. The summed E-state index contributed by atoms with van der Waals surface area (Å²) in [6.07, 6.45) is -2.62. The highest BCUT2D eigenvalue weighted by Gasteiger charge is 2.32. The van der Waals surface area contributed by atoms with Crippen LogP contribution in [0.4, 0.5) is 24.5 Å². The smallest absolute Gasteiger partial charge is 0.379 e. The number of anilines is 1. The van der Waals surface area contributed by atoms with Crippen LogP contribution in [0.5, 0.6) is 0 Å². The molecule has 1 aromatic carbocycles. The SMILES string of the molecule is CCn1cnnc1CCNc1ccc(C(F)(F)F)cc1[N+](=O)[O-]. The molecule has 0 radical (unpaired) electrons. The molecule has 0 aliphatic carbocycles. The number of nitrogens with zero attached hydrogens (tertiary/aromatic N) is 4. The largest absolute Gasteiger partial charge is 0.416 e. The Morgan fingerprint density at radius 2 is 2.13 bits per heavy atom. The number of hydrogen-bond donors (Lipinski definition) is 1. The first-order valence-corrected chi connectivity index (χ1v) is 6.79. The minimum Gasteiger partial charge on any atom is -0.379 e. The summed E-state index contributed by atoms with van der Waals surface area (Å²) >= 11 is 0. The molecule has 0 atom stereocenters. The average Bonchev–Trinajstić information content (AvgIpc) is 2.93. The molecule has 0 unspecified atom stereocenters. The van der Waals surface area contributed by atoms with E-state index < -0.39 is 22.4 Å². The van der Waals surface area contributed by atoms with E-state index in [1.807, 2.05) is 11.5 Å². The molecule has 0 aliphatic heterocycles. The zero-order valence-electron chi connectivity index (χ0n) is 12.2. The van der Waals surface area contributed by atoms with Crippen molar-refractivity contribution in [1.29, 1.82) is 0 Å². The molecule has 1 N–H and O–H groups in total. The topological polar surface area (TPSA) is 85.9 Å². The number of nitrogens with one attached hydrogen (secondary N) is 1. The maximum absolute atomic E-state index is 12.6. The normalized spacial score (nSPS) is 11.5. The first kappa shape index (κ1) is 16.7. The predicted octanol–water partition coefficient (Wildman–Crippen LogP) is 2.88. The second kappa shape index (κ2) is 6.63. The predicted molar refractivity (Wildman–Crippen MR) is 76.0 cm³/mol. The first-order chi connectivity index (χ1) is 10.8. The molecule has 0 saturated carbocycles. The van der Waals surface area contributed by atoms with Gasteiger partial charge < -0.3 is 9.88 Å². The second-order valence-electron chi connectivity index (χ2n) is 4.70. The van der Waals surface area contributed by atoms with Gasteiger partial charge >= 0.3 is 6.18 Å². The van der Waals surface area contributed by atoms with Crippen LogP contribution in [-0.4, -0.2) is 26.2 Å². The van der Waals surface area contributed by atoms with Gasteiger partial charge in [-0.25, -0.2) is 0 Å². The van der Waals surface area contributed by atoms with E-state index in [9.17, 15) is 23.3 Å². The Kier molecular flexibility index (Phi) is 4.82. The van der Waals surface area contributed by atoms with Gasteiger partial charge in [-0.3, -0.25) is 10.1 Å². The molecule has 0 amide bonds. The molecule has 1 aromatic heterocycles. The van der Waals surface area contributed by atoms with Crippen LogP contribution in [0.1, 0.15) is 18.3 Å². The maximum atomic E-state index is 12.6. The van der Waals surface area contributed by atoms with Crippen LogP contribution in [0.25, 0.3) is 0 Å². The van der Waals surface area contributed by atoms with Gasteiger partial charge in [0.25, 0.3) is 5.69 Å². The maximum Gasteiger partial charge on any atom is 0.416 e. The van der Waals surface area contributed by atoms with Crippen LogP contribution in [0, 0.1) is 10.1 Å². The third-order valence-electron chi connectivity index (χ3n) is 3.22. The Morgan fingerprint density at radius 3 is 2.74 bits per heavy atom. The first-order valence-electron chi connectivity index (χ1n) is 6.79. The minimum atomic E-state index is -4.62. The molecule has 0 saturated heterocycles. The highest BCUT2D eigenvalue weighted by molar-refractivity contribution is 5.62. The van der Waals surface area contributed by atoms with Crippen LogP contribution in [0.3, 0.4) is 0 Å². The summed E-state index contributed by atoms with van der Waals surface area (Å²) in [5.41, 5.74) is -1.64. The lowest BCUT2D eigenvalue weighted by Gasteiger charge is -2.10. The van der Waals surface area contributed by atoms with E-state index in [1.54, 1.807) is 6.33 Å². The average molecular weight is 329 g/mol. The minimum absolute atomic E-state index is 0.0329.